The highest BCUT2D eigenvalue weighted by atomic mass is 32.1. The Morgan fingerprint density at radius 2 is 2.29 bits per heavy atom. The number of anilines is 1. The molecule has 86 valence electrons. The van der Waals surface area contributed by atoms with Crippen molar-refractivity contribution in [2.75, 3.05) is 5.32 Å². The summed E-state index contributed by atoms with van der Waals surface area (Å²) in [7, 11) is 0. The van der Waals surface area contributed by atoms with Crippen molar-refractivity contribution < 1.29 is 0 Å². The molecule has 4 nitrogen and oxygen atoms in total. The van der Waals surface area contributed by atoms with Crippen molar-refractivity contribution in [1.29, 1.82) is 5.26 Å². The zero-order chi connectivity index (χ0) is 12.3. The lowest BCUT2D eigenvalue weighted by molar-refractivity contribution is 0.855. The van der Waals surface area contributed by atoms with Crippen molar-refractivity contribution in [1.82, 2.24) is 9.97 Å². The van der Waals surface area contributed by atoms with E-state index in [-0.39, 0.29) is 6.04 Å². The van der Waals surface area contributed by atoms with Crippen molar-refractivity contribution in [2.45, 2.75) is 19.9 Å². The van der Waals surface area contributed by atoms with E-state index in [2.05, 4.69) is 15.3 Å². The standard InChI is InChI=1S/C12H12N4S/c1-8-7-17-12(15-8)9(2)16-11-4-3-10(5-13)6-14-11/h3-4,6-7,9H,1-2H3,(H,14,16). The molecule has 2 aromatic rings. The molecule has 0 aromatic carbocycles. The van der Waals surface area contributed by atoms with Gasteiger partial charge in [-0.2, -0.15) is 5.26 Å². The van der Waals surface area contributed by atoms with Gasteiger partial charge in [0, 0.05) is 17.3 Å². The molecular weight excluding hydrogens is 232 g/mol. The minimum absolute atomic E-state index is 0.120. The molecule has 0 radical (unpaired) electrons. The first-order valence-electron chi connectivity index (χ1n) is 5.24. The number of thiazole rings is 1. The molecule has 1 N–H and O–H groups in total. The Balaban J connectivity index is 2.08. The molecule has 0 saturated heterocycles. The average molecular weight is 244 g/mol. The van der Waals surface area contributed by atoms with E-state index in [0.717, 1.165) is 16.5 Å². The topological polar surface area (TPSA) is 61.6 Å². The minimum Gasteiger partial charge on any atom is -0.361 e. The highest BCUT2D eigenvalue weighted by molar-refractivity contribution is 7.09. The molecule has 5 heteroatoms. The number of hydrogen-bond donors (Lipinski definition) is 1. The van der Waals surface area contributed by atoms with Gasteiger partial charge in [0.05, 0.1) is 11.6 Å². The molecule has 17 heavy (non-hydrogen) atoms. The molecule has 0 amide bonds. The van der Waals surface area contributed by atoms with Crippen molar-refractivity contribution in [3.63, 3.8) is 0 Å². The summed E-state index contributed by atoms with van der Waals surface area (Å²) in [6.07, 6.45) is 1.56. The van der Waals surface area contributed by atoms with Crippen molar-refractivity contribution in [2.24, 2.45) is 0 Å². The van der Waals surface area contributed by atoms with Crippen LogP contribution in [-0.2, 0) is 0 Å². The van der Waals surface area contributed by atoms with Crippen molar-refractivity contribution in [3.05, 3.63) is 40.0 Å². The second-order valence-electron chi connectivity index (χ2n) is 3.74. The third-order valence-electron chi connectivity index (χ3n) is 2.26. The van der Waals surface area contributed by atoms with Gasteiger partial charge < -0.3 is 5.32 Å². The lowest BCUT2D eigenvalue weighted by Crippen LogP contribution is -2.07. The van der Waals surface area contributed by atoms with Crippen molar-refractivity contribution >= 4 is 17.2 Å². The van der Waals surface area contributed by atoms with Crippen LogP contribution in [-0.4, -0.2) is 9.97 Å². The van der Waals surface area contributed by atoms with Crippen LogP contribution in [0.4, 0.5) is 5.82 Å². The number of rotatable bonds is 3. The molecule has 1 atom stereocenters. The van der Waals surface area contributed by atoms with E-state index >= 15 is 0 Å². The van der Waals surface area contributed by atoms with Crippen LogP contribution in [0.1, 0.15) is 29.2 Å². The number of nitrogens with zero attached hydrogens (tertiary/aromatic N) is 3. The van der Waals surface area contributed by atoms with Crippen LogP contribution >= 0.6 is 11.3 Å². The van der Waals surface area contributed by atoms with Gasteiger partial charge >= 0.3 is 0 Å². The van der Waals surface area contributed by atoms with Crippen LogP contribution in [0.3, 0.4) is 0 Å². The maximum Gasteiger partial charge on any atom is 0.126 e. The van der Waals surface area contributed by atoms with Gasteiger partial charge in [0.25, 0.3) is 0 Å². The van der Waals surface area contributed by atoms with Gasteiger partial charge in [0.15, 0.2) is 0 Å². The molecular formula is C12H12N4S. The Morgan fingerprint density at radius 1 is 1.47 bits per heavy atom. The number of nitriles is 1. The first-order chi connectivity index (χ1) is 8.19. The van der Waals surface area contributed by atoms with E-state index in [1.54, 1.807) is 29.7 Å². The number of pyridine rings is 1. The zero-order valence-electron chi connectivity index (χ0n) is 9.64. The predicted molar refractivity (Wildman–Crippen MR) is 67.8 cm³/mol. The summed E-state index contributed by atoms with van der Waals surface area (Å²) in [5.41, 5.74) is 1.60. The van der Waals surface area contributed by atoms with E-state index in [9.17, 15) is 0 Å². The van der Waals surface area contributed by atoms with Crippen LogP contribution in [0, 0.1) is 18.3 Å². The monoisotopic (exact) mass is 244 g/mol. The lowest BCUT2D eigenvalue weighted by Gasteiger charge is -2.11. The predicted octanol–water partition coefficient (Wildman–Crippen LogP) is 2.89. The van der Waals surface area contributed by atoms with E-state index < -0.39 is 0 Å². The summed E-state index contributed by atoms with van der Waals surface area (Å²) < 4.78 is 0. The Bertz CT molecular complexity index is 538. The van der Waals surface area contributed by atoms with E-state index in [4.69, 9.17) is 5.26 Å². The fourth-order valence-electron chi connectivity index (χ4n) is 1.40. The summed E-state index contributed by atoms with van der Waals surface area (Å²) in [5.74, 6) is 0.754. The zero-order valence-corrected chi connectivity index (χ0v) is 10.5. The summed E-state index contributed by atoms with van der Waals surface area (Å²) in [6.45, 7) is 4.02. The summed E-state index contributed by atoms with van der Waals surface area (Å²) >= 11 is 1.63. The molecule has 2 heterocycles. The highest BCUT2D eigenvalue weighted by Gasteiger charge is 2.09. The summed E-state index contributed by atoms with van der Waals surface area (Å²) in [4.78, 5) is 8.58. The largest absolute Gasteiger partial charge is 0.361 e. The third kappa shape index (κ3) is 2.80. The smallest absolute Gasteiger partial charge is 0.126 e. The average Bonchev–Trinajstić information content (AvgIpc) is 2.77. The van der Waals surface area contributed by atoms with Gasteiger partial charge in [-0.25, -0.2) is 9.97 Å². The number of aromatic nitrogens is 2. The lowest BCUT2D eigenvalue weighted by atomic mass is 10.3. The van der Waals surface area contributed by atoms with E-state index in [1.807, 2.05) is 25.3 Å². The Hall–Kier alpha value is -1.93. The SMILES string of the molecule is Cc1csc(C(C)Nc2ccc(C#N)cn2)n1. The number of aryl methyl sites for hydroxylation is 1. The fourth-order valence-corrected chi connectivity index (χ4v) is 2.20. The second kappa shape index (κ2) is 4.93. The summed E-state index contributed by atoms with van der Waals surface area (Å²) in [6, 6.07) is 5.71. The van der Waals surface area contributed by atoms with Gasteiger partial charge in [-0.05, 0) is 26.0 Å². The third-order valence-corrected chi connectivity index (χ3v) is 3.41. The maximum absolute atomic E-state index is 8.67. The van der Waals surface area contributed by atoms with E-state index in [1.165, 1.54) is 0 Å². The second-order valence-corrected chi connectivity index (χ2v) is 4.63. The maximum atomic E-state index is 8.67. The van der Waals surface area contributed by atoms with Gasteiger partial charge in [0.1, 0.15) is 16.9 Å². The summed E-state index contributed by atoms with van der Waals surface area (Å²) in [5, 5.41) is 15.0. The van der Waals surface area contributed by atoms with E-state index in [0.29, 0.717) is 5.56 Å². The van der Waals surface area contributed by atoms with Crippen LogP contribution in [0.15, 0.2) is 23.7 Å². The molecule has 2 rings (SSSR count). The molecule has 2 aromatic heterocycles. The molecule has 0 spiro atoms. The van der Waals surface area contributed by atoms with Gasteiger partial charge in [-0.3, -0.25) is 0 Å². The molecule has 0 fully saturated rings. The first kappa shape index (κ1) is 11.6. The Kier molecular flexibility index (Phi) is 3.35. The first-order valence-corrected chi connectivity index (χ1v) is 6.11. The molecule has 0 aliphatic rings. The molecule has 0 aliphatic heterocycles. The van der Waals surface area contributed by atoms with Crippen LogP contribution in [0.25, 0.3) is 0 Å². The minimum atomic E-state index is 0.120. The van der Waals surface area contributed by atoms with Crippen molar-refractivity contribution in [3.8, 4) is 6.07 Å². The fraction of sp³-hybridized carbons (Fsp3) is 0.250. The number of nitrogens with one attached hydrogen (secondary N) is 1. The Labute approximate surface area is 104 Å². The van der Waals surface area contributed by atoms with Gasteiger partial charge in [0.2, 0.25) is 0 Å². The molecule has 1 unspecified atom stereocenters. The number of hydrogen-bond acceptors (Lipinski definition) is 5. The van der Waals surface area contributed by atoms with Crippen LogP contribution < -0.4 is 5.32 Å². The molecule has 0 aliphatic carbocycles. The highest BCUT2D eigenvalue weighted by Crippen LogP contribution is 2.21. The van der Waals surface area contributed by atoms with Gasteiger partial charge in [-0.15, -0.1) is 11.3 Å². The van der Waals surface area contributed by atoms with Gasteiger partial charge in [-0.1, -0.05) is 0 Å². The quantitative estimate of drug-likeness (QED) is 0.901. The van der Waals surface area contributed by atoms with Crippen LogP contribution in [0.2, 0.25) is 0 Å². The molecule has 0 bridgehead atoms. The van der Waals surface area contributed by atoms with Crippen LogP contribution in [0.5, 0.6) is 0 Å². The normalized spacial score (nSPS) is 11.8. The molecule has 0 saturated carbocycles. The Morgan fingerprint density at radius 3 is 2.82 bits per heavy atom.